The monoisotopic (exact) mass is 835 g/mol. The molecule has 0 aliphatic rings. The zero-order valence-electron chi connectivity index (χ0n) is 40.5. The molecule has 0 heterocycles. The van der Waals surface area contributed by atoms with Gasteiger partial charge in [0.2, 0.25) is 5.91 Å². The largest absolute Gasteiger partial charge is 0.466 e. The van der Waals surface area contributed by atoms with Gasteiger partial charge in [-0.1, -0.05) is 189 Å². The third-order valence-electron chi connectivity index (χ3n) is 12.6. The third-order valence-corrected chi connectivity index (χ3v) is 12.6. The number of rotatable bonds is 46. The van der Waals surface area contributed by atoms with Gasteiger partial charge in [0.15, 0.2) is 0 Å². The van der Waals surface area contributed by atoms with E-state index in [0.717, 1.165) is 116 Å². The number of ether oxygens (including phenoxy) is 2. The number of hydrogen-bond acceptors (Lipinski definition) is 6. The molecule has 0 bridgehead atoms. The van der Waals surface area contributed by atoms with Gasteiger partial charge in [-0.25, -0.2) is 0 Å². The Bertz CT molecular complexity index is 929. The smallest absolute Gasteiger partial charge is 0.305 e. The highest BCUT2D eigenvalue weighted by Gasteiger charge is 2.28. The Morgan fingerprint density at radius 2 is 0.915 bits per heavy atom. The molecule has 0 aromatic carbocycles. The highest BCUT2D eigenvalue weighted by atomic mass is 16.5. The van der Waals surface area contributed by atoms with Crippen LogP contribution in [0.2, 0.25) is 0 Å². The van der Waals surface area contributed by atoms with E-state index in [4.69, 9.17) is 9.47 Å². The van der Waals surface area contributed by atoms with E-state index < -0.39 is 0 Å². The Morgan fingerprint density at radius 3 is 1.47 bits per heavy atom. The van der Waals surface area contributed by atoms with Crippen molar-refractivity contribution in [2.75, 3.05) is 33.4 Å². The summed E-state index contributed by atoms with van der Waals surface area (Å²) >= 11 is 0. The molecular formula is C52H102N2O5. The summed E-state index contributed by atoms with van der Waals surface area (Å²) in [6, 6.07) is 0.309. The minimum atomic E-state index is -0.0286. The molecular weight excluding hydrogens is 733 g/mol. The van der Waals surface area contributed by atoms with E-state index in [-0.39, 0.29) is 17.9 Å². The lowest BCUT2D eigenvalue weighted by atomic mass is 9.93. The van der Waals surface area contributed by atoms with Gasteiger partial charge >= 0.3 is 11.9 Å². The first-order chi connectivity index (χ1) is 28.9. The Balaban J connectivity index is 4.87. The summed E-state index contributed by atoms with van der Waals surface area (Å²) in [6.45, 7) is 14.1. The summed E-state index contributed by atoms with van der Waals surface area (Å²) < 4.78 is 11.2. The molecule has 59 heavy (non-hydrogen) atoms. The fourth-order valence-corrected chi connectivity index (χ4v) is 8.53. The van der Waals surface area contributed by atoms with Crippen molar-refractivity contribution in [1.82, 2.24) is 10.2 Å². The van der Waals surface area contributed by atoms with Crippen LogP contribution in [0.5, 0.6) is 0 Å². The Kier molecular flexibility index (Phi) is 43.2. The van der Waals surface area contributed by atoms with Gasteiger partial charge in [-0.15, -0.1) is 0 Å². The lowest BCUT2D eigenvalue weighted by Gasteiger charge is -2.35. The minimum Gasteiger partial charge on any atom is -0.466 e. The molecule has 0 saturated carbocycles. The van der Waals surface area contributed by atoms with Crippen LogP contribution in [-0.2, 0) is 23.9 Å². The van der Waals surface area contributed by atoms with Crippen molar-refractivity contribution in [3.05, 3.63) is 0 Å². The van der Waals surface area contributed by atoms with Crippen molar-refractivity contribution in [2.45, 2.75) is 272 Å². The van der Waals surface area contributed by atoms with Crippen LogP contribution in [0.25, 0.3) is 0 Å². The van der Waals surface area contributed by atoms with Crippen LogP contribution in [0.3, 0.4) is 0 Å². The lowest BCUT2D eigenvalue weighted by molar-refractivity contribution is -0.145. The summed E-state index contributed by atoms with van der Waals surface area (Å²) in [5, 5.41) is 3.31. The number of nitrogens with zero attached hydrogens (tertiary/aromatic N) is 1. The third kappa shape index (κ3) is 35.6. The van der Waals surface area contributed by atoms with Gasteiger partial charge < -0.3 is 19.7 Å². The second-order valence-electron chi connectivity index (χ2n) is 18.1. The molecule has 0 radical (unpaired) electrons. The van der Waals surface area contributed by atoms with E-state index in [2.05, 4.69) is 44.8 Å². The van der Waals surface area contributed by atoms with Gasteiger partial charge in [0.1, 0.15) is 0 Å². The van der Waals surface area contributed by atoms with Crippen molar-refractivity contribution in [2.24, 2.45) is 11.8 Å². The molecule has 7 nitrogen and oxygen atoms in total. The molecule has 0 rings (SSSR count). The molecule has 350 valence electrons. The summed E-state index contributed by atoms with van der Waals surface area (Å²) in [5.74, 6) is 1.02. The molecule has 3 unspecified atom stereocenters. The van der Waals surface area contributed by atoms with Crippen molar-refractivity contribution >= 4 is 17.8 Å². The summed E-state index contributed by atoms with van der Waals surface area (Å²) in [7, 11) is 2.01. The Morgan fingerprint density at radius 1 is 0.475 bits per heavy atom. The molecule has 0 aliphatic heterocycles. The first-order valence-corrected chi connectivity index (χ1v) is 26.1. The molecule has 0 aromatic rings. The van der Waals surface area contributed by atoms with Gasteiger partial charge in [-0.3, -0.25) is 14.4 Å². The van der Waals surface area contributed by atoms with Gasteiger partial charge in [0, 0.05) is 31.3 Å². The average Bonchev–Trinajstić information content (AvgIpc) is 3.24. The van der Waals surface area contributed by atoms with Crippen LogP contribution in [0.4, 0.5) is 0 Å². The standard InChI is InChI=1S/C52H102N2O5/c1-7-12-16-18-27-34-45-58-50(55)41-32-25-21-19-23-30-39-49(54(44-35-43-53-6)52(57)48(11-5)38-28-14-9-3)40-31-24-20-22-26-33-42-51(56)59-46-47(36-15-10-4)37-29-17-13-8-2/h47-49,53H,7-46H2,1-6H3. The number of carbonyl (C=O) groups excluding carboxylic acids is 3. The summed E-state index contributed by atoms with van der Waals surface area (Å²) in [4.78, 5) is 41.2. The van der Waals surface area contributed by atoms with Crippen LogP contribution in [0, 0.1) is 11.8 Å². The van der Waals surface area contributed by atoms with Crippen LogP contribution >= 0.6 is 0 Å². The maximum atomic E-state index is 14.2. The van der Waals surface area contributed by atoms with Crippen LogP contribution < -0.4 is 5.32 Å². The Hall–Kier alpha value is -1.63. The molecule has 3 atom stereocenters. The van der Waals surface area contributed by atoms with Crippen molar-refractivity contribution < 1.29 is 23.9 Å². The molecule has 1 N–H and O–H groups in total. The van der Waals surface area contributed by atoms with Crippen LogP contribution in [-0.4, -0.2) is 62.1 Å². The predicted molar refractivity (Wildman–Crippen MR) is 253 cm³/mol. The molecule has 0 saturated heterocycles. The van der Waals surface area contributed by atoms with Crippen LogP contribution in [0.1, 0.15) is 266 Å². The molecule has 0 fully saturated rings. The van der Waals surface area contributed by atoms with E-state index in [1.165, 1.54) is 116 Å². The molecule has 0 spiro atoms. The van der Waals surface area contributed by atoms with Gasteiger partial charge in [-0.2, -0.15) is 0 Å². The number of nitrogens with one attached hydrogen (secondary N) is 1. The van der Waals surface area contributed by atoms with Gasteiger partial charge in [0.05, 0.1) is 13.2 Å². The first kappa shape index (κ1) is 57.4. The van der Waals surface area contributed by atoms with E-state index in [1.54, 1.807) is 0 Å². The molecule has 0 aromatic heterocycles. The van der Waals surface area contributed by atoms with Gasteiger partial charge in [0.25, 0.3) is 0 Å². The maximum absolute atomic E-state index is 14.2. The second-order valence-corrected chi connectivity index (χ2v) is 18.1. The number of hydrogen-bond donors (Lipinski definition) is 1. The second kappa shape index (κ2) is 44.4. The SMILES string of the molecule is CCCCCCCCOC(=O)CCCCCCCCC(CCCCCCCCC(=O)OCC(CCCC)CCCCCC)N(CCCNC)C(=O)C(CC)CCCCC. The van der Waals surface area contributed by atoms with E-state index in [0.29, 0.717) is 43.9 Å². The lowest BCUT2D eigenvalue weighted by Crippen LogP contribution is -2.44. The molecule has 0 aliphatic carbocycles. The predicted octanol–water partition coefficient (Wildman–Crippen LogP) is 14.9. The minimum absolute atomic E-state index is 0.00945. The van der Waals surface area contributed by atoms with E-state index in [9.17, 15) is 14.4 Å². The van der Waals surface area contributed by atoms with Crippen molar-refractivity contribution in [1.29, 1.82) is 0 Å². The van der Waals surface area contributed by atoms with E-state index >= 15 is 0 Å². The zero-order chi connectivity index (χ0) is 43.4. The topological polar surface area (TPSA) is 84.9 Å². The molecule has 1 amide bonds. The normalized spacial score (nSPS) is 13.0. The maximum Gasteiger partial charge on any atom is 0.305 e. The zero-order valence-corrected chi connectivity index (χ0v) is 40.5. The van der Waals surface area contributed by atoms with Crippen molar-refractivity contribution in [3.8, 4) is 0 Å². The summed E-state index contributed by atoms with van der Waals surface area (Å²) in [6.07, 6.45) is 40.3. The number of carbonyl (C=O) groups is 3. The van der Waals surface area contributed by atoms with Crippen LogP contribution in [0.15, 0.2) is 0 Å². The molecule has 7 heteroatoms. The van der Waals surface area contributed by atoms with Crippen molar-refractivity contribution in [3.63, 3.8) is 0 Å². The van der Waals surface area contributed by atoms with E-state index in [1.807, 2.05) is 7.05 Å². The van der Waals surface area contributed by atoms with Gasteiger partial charge in [-0.05, 0) is 83.7 Å². The quantitative estimate of drug-likeness (QED) is 0.0486. The fourth-order valence-electron chi connectivity index (χ4n) is 8.53. The highest BCUT2D eigenvalue weighted by molar-refractivity contribution is 5.79. The first-order valence-electron chi connectivity index (χ1n) is 26.1. The fraction of sp³-hybridized carbons (Fsp3) is 0.942. The number of amides is 1. The summed E-state index contributed by atoms with van der Waals surface area (Å²) in [5.41, 5.74) is 0. The number of unbranched alkanes of at least 4 members (excludes halogenated alkanes) is 21. The Labute approximate surface area is 367 Å². The highest BCUT2D eigenvalue weighted by Crippen LogP contribution is 2.25. The number of esters is 2. The average molecular weight is 835 g/mol.